The zero-order valence-corrected chi connectivity index (χ0v) is 12.6. The molecule has 0 aliphatic heterocycles. The Morgan fingerprint density at radius 1 is 1.06 bits per heavy atom. The maximum absolute atomic E-state index is 2.78. The molecule has 0 aromatic heterocycles. The summed E-state index contributed by atoms with van der Waals surface area (Å²) in [6, 6.07) is 8.46. The lowest BCUT2D eigenvalue weighted by Gasteiger charge is -2.00. The SMILES string of the molecule is Br.CCC=CCC=CCc1ccccc1P. The molecule has 0 N–H and O–H groups in total. The van der Waals surface area contributed by atoms with Gasteiger partial charge in [-0.15, -0.1) is 26.2 Å². The van der Waals surface area contributed by atoms with Crippen molar-refractivity contribution in [3.05, 3.63) is 54.1 Å². The lowest BCUT2D eigenvalue weighted by molar-refractivity contribution is 1.19. The third-order valence-corrected chi connectivity index (χ3v) is 2.80. The van der Waals surface area contributed by atoms with E-state index in [-0.39, 0.29) is 17.0 Å². The van der Waals surface area contributed by atoms with Crippen LogP contribution in [-0.4, -0.2) is 0 Å². The Kier molecular flexibility index (Phi) is 9.57. The van der Waals surface area contributed by atoms with Gasteiger partial charge in [-0.2, -0.15) is 0 Å². The summed E-state index contributed by atoms with van der Waals surface area (Å²) in [7, 11) is 2.78. The van der Waals surface area contributed by atoms with Gasteiger partial charge in [0.2, 0.25) is 0 Å². The van der Waals surface area contributed by atoms with Crippen LogP contribution in [0.4, 0.5) is 0 Å². The molecule has 2 heteroatoms. The average molecular weight is 299 g/mol. The van der Waals surface area contributed by atoms with E-state index in [1.165, 1.54) is 10.9 Å². The van der Waals surface area contributed by atoms with Crippen LogP contribution in [0.2, 0.25) is 0 Å². The lowest BCUT2D eigenvalue weighted by atomic mass is 10.1. The third kappa shape index (κ3) is 6.25. The molecule has 1 atom stereocenters. The van der Waals surface area contributed by atoms with Crippen molar-refractivity contribution >= 4 is 31.5 Å². The van der Waals surface area contributed by atoms with Crippen molar-refractivity contribution in [1.82, 2.24) is 0 Å². The Labute approximate surface area is 112 Å². The van der Waals surface area contributed by atoms with Crippen molar-refractivity contribution in [2.24, 2.45) is 0 Å². The van der Waals surface area contributed by atoms with E-state index in [0.29, 0.717) is 0 Å². The molecule has 16 heavy (non-hydrogen) atoms. The molecule has 1 rings (SSSR count). The molecule has 1 aromatic rings. The fourth-order valence-corrected chi connectivity index (χ4v) is 1.69. The maximum atomic E-state index is 2.78. The molecule has 0 amide bonds. The van der Waals surface area contributed by atoms with Crippen molar-refractivity contribution in [3.8, 4) is 0 Å². The van der Waals surface area contributed by atoms with Crippen LogP contribution in [0, 0.1) is 0 Å². The molecular weight excluding hydrogens is 279 g/mol. The van der Waals surface area contributed by atoms with Crippen molar-refractivity contribution in [1.29, 1.82) is 0 Å². The second-order valence-electron chi connectivity index (χ2n) is 3.49. The minimum Gasteiger partial charge on any atom is -0.114 e. The number of hydrogen-bond donors (Lipinski definition) is 0. The predicted molar refractivity (Wildman–Crippen MR) is 83.0 cm³/mol. The van der Waals surface area contributed by atoms with Crippen LogP contribution in [0.15, 0.2) is 48.6 Å². The highest BCUT2D eigenvalue weighted by molar-refractivity contribution is 8.93. The standard InChI is InChI=1S/C14H19P.BrH/c1-2-3-4-5-6-7-10-13-11-8-9-12-14(13)15;/h3-4,6-9,11-12H,2,5,10,15H2,1H3;1H. The van der Waals surface area contributed by atoms with Gasteiger partial charge in [-0.05, 0) is 30.1 Å². The third-order valence-electron chi connectivity index (χ3n) is 2.23. The Morgan fingerprint density at radius 2 is 1.75 bits per heavy atom. The lowest BCUT2D eigenvalue weighted by Crippen LogP contribution is -1.98. The summed E-state index contributed by atoms with van der Waals surface area (Å²) in [5.74, 6) is 0. The van der Waals surface area contributed by atoms with Gasteiger partial charge >= 0.3 is 0 Å². The monoisotopic (exact) mass is 298 g/mol. The molecule has 0 aliphatic rings. The molecule has 0 heterocycles. The van der Waals surface area contributed by atoms with Crippen LogP contribution in [0.5, 0.6) is 0 Å². The maximum Gasteiger partial charge on any atom is -0.00912 e. The van der Waals surface area contributed by atoms with Crippen molar-refractivity contribution in [2.45, 2.75) is 26.2 Å². The van der Waals surface area contributed by atoms with Crippen molar-refractivity contribution < 1.29 is 0 Å². The van der Waals surface area contributed by atoms with Gasteiger partial charge in [0.1, 0.15) is 0 Å². The molecule has 1 unspecified atom stereocenters. The van der Waals surface area contributed by atoms with Gasteiger partial charge < -0.3 is 0 Å². The van der Waals surface area contributed by atoms with Gasteiger partial charge in [-0.25, -0.2) is 0 Å². The fraction of sp³-hybridized carbons (Fsp3) is 0.286. The van der Waals surface area contributed by atoms with Gasteiger partial charge in [-0.1, -0.05) is 55.5 Å². The van der Waals surface area contributed by atoms with Gasteiger partial charge in [0.15, 0.2) is 0 Å². The van der Waals surface area contributed by atoms with E-state index in [9.17, 15) is 0 Å². The Hall–Kier alpha value is -0.390. The van der Waals surface area contributed by atoms with E-state index in [4.69, 9.17) is 0 Å². The number of halogens is 1. The molecule has 0 radical (unpaired) electrons. The summed E-state index contributed by atoms with van der Waals surface area (Å²) < 4.78 is 0. The first-order valence-electron chi connectivity index (χ1n) is 5.48. The molecule has 0 saturated heterocycles. The number of allylic oxidation sites excluding steroid dienone is 4. The van der Waals surface area contributed by atoms with Crippen LogP contribution in [0.1, 0.15) is 25.3 Å². The molecule has 0 aliphatic carbocycles. The topological polar surface area (TPSA) is 0 Å². The van der Waals surface area contributed by atoms with E-state index in [2.05, 4.69) is 64.7 Å². The van der Waals surface area contributed by atoms with Crippen LogP contribution in [0.3, 0.4) is 0 Å². The van der Waals surface area contributed by atoms with Gasteiger partial charge in [-0.3, -0.25) is 0 Å². The quantitative estimate of drug-likeness (QED) is 0.564. The molecule has 0 nitrogen and oxygen atoms in total. The first kappa shape index (κ1) is 15.6. The fourth-order valence-electron chi connectivity index (χ4n) is 1.37. The zero-order valence-electron chi connectivity index (χ0n) is 9.73. The highest BCUT2D eigenvalue weighted by atomic mass is 79.9. The van der Waals surface area contributed by atoms with E-state index in [1.54, 1.807) is 0 Å². The first-order valence-corrected chi connectivity index (χ1v) is 6.05. The van der Waals surface area contributed by atoms with Crippen LogP contribution in [-0.2, 0) is 6.42 Å². The first-order chi connectivity index (χ1) is 7.34. The molecule has 0 bridgehead atoms. The highest BCUT2D eigenvalue weighted by Gasteiger charge is 1.92. The molecule has 88 valence electrons. The Morgan fingerprint density at radius 3 is 2.44 bits per heavy atom. The van der Waals surface area contributed by atoms with Crippen LogP contribution < -0.4 is 5.30 Å². The van der Waals surface area contributed by atoms with Gasteiger partial charge in [0.05, 0.1) is 0 Å². The van der Waals surface area contributed by atoms with Gasteiger partial charge in [0.25, 0.3) is 0 Å². The van der Waals surface area contributed by atoms with Crippen molar-refractivity contribution in [2.75, 3.05) is 0 Å². The molecular formula is C14H20BrP. The summed E-state index contributed by atoms with van der Waals surface area (Å²) in [4.78, 5) is 0. The van der Waals surface area contributed by atoms with Crippen LogP contribution in [0.25, 0.3) is 0 Å². The minimum atomic E-state index is 0. The zero-order chi connectivity index (χ0) is 10.9. The van der Waals surface area contributed by atoms with Gasteiger partial charge in [0, 0.05) is 0 Å². The van der Waals surface area contributed by atoms with Crippen molar-refractivity contribution in [3.63, 3.8) is 0 Å². The second-order valence-corrected chi connectivity index (χ2v) is 4.11. The average Bonchev–Trinajstić information content (AvgIpc) is 2.25. The van der Waals surface area contributed by atoms with E-state index in [0.717, 1.165) is 19.3 Å². The molecule has 0 fully saturated rings. The molecule has 1 aromatic carbocycles. The minimum absolute atomic E-state index is 0. The number of benzene rings is 1. The highest BCUT2D eigenvalue weighted by Crippen LogP contribution is 2.02. The van der Waals surface area contributed by atoms with E-state index >= 15 is 0 Å². The summed E-state index contributed by atoms with van der Waals surface area (Å²) in [5.41, 5.74) is 1.39. The summed E-state index contributed by atoms with van der Waals surface area (Å²) in [5, 5.41) is 1.30. The molecule has 0 spiro atoms. The smallest absolute Gasteiger partial charge is 0.00912 e. The second kappa shape index (κ2) is 9.81. The number of hydrogen-bond acceptors (Lipinski definition) is 0. The summed E-state index contributed by atoms with van der Waals surface area (Å²) in [6.45, 7) is 2.16. The normalized spacial score (nSPS) is 10.9. The largest absolute Gasteiger partial charge is 0.114 e. The summed E-state index contributed by atoms with van der Waals surface area (Å²) in [6.07, 6.45) is 12.1. The van der Waals surface area contributed by atoms with E-state index in [1.807, 2.05) is 0 Å². The predicted octanol–water partition coefficient (Wildman–Crippen LogP) is 4.22. The number of rotatable bonds is 5. The Balaban J connectivity index is 0.00000225. The summed E-state index contributed by atoms with van der Waals surface area (Å²) >= 11 is 0. The molecule has 0 saturated carbocycles. The van der Waals surface area contributed by atoms with Crippen LogP contribution >= 0.6 is 26.2 Å². The Bertz CT molecular complexity index is 342. The van der Waals surface area contributed by atoms with E-state index < -0.39 is 0 Å².